The molecule has 0 aromatic heterocycles. The number of halogens is 1. The van der Waals surface area contributed by atoms with Crippen LogP contribution in [0.1, 0.15) is 44.9 Å². The van der Waals surface area contributed by atoms with Crippen molar-refractivity contribution >= 4 is 28.2 Å². The lowest BCUT2D eigenvalue weighted by atomic mass is 10.0. The summed E-state index contributed by atoms with van der Waals surface area (Å²) < 4.78 is 22.0. The number of rotatable bonds is 8. The second-order valence-electron chi connectivity index (χ2n) is 5.61. The average Bonchev–Trinajstić information content (AvgIpc) is 2.83. The first-order chi connectivity index (χ1) is 8.88. The zero-order valence-corrected chi connectivity index (χ0v) is 13.8. The molecule has 0 bridgehead atoms. The van der Waals surface area contributed by atoms with Crippen molar-refractivity contribution in [3.63, 3.8) is 0 Å². The largest absolute Gasteiger partial charge is 0.355 e. The molecule has 0 radical (unpaired) electrons. The van der Waals surface area contributed by atoms with Crippen molar-refractivity contribution < 1.29 is 13.2 Å². The van der Waals surface area contributed by atoms with Crippen molar-refractivity contribution in [2.45, 2.75) is 51.0 Å². The van der Waals surface area contributed by atoms with E-state index >= 15 is 0 Å². The molecular formula is C13H27ClN2O3S. The molecule has 1 rings (SSSR count). The summed E-state index contributed by atoms with van der Waals surface area (Å²) in [6.07, 6.45) is 8.81. The zero-order valence-electron chi connectivity index (χ0n) is 12.1. The van der Waals surface area contributed by atoms with E-state index in [9.17, 15) is 13.2 Å². The van der Waals surface area contributed by atoms with Gasteiger partial charge in [-0.1, -0.05) is 25.7 Å². The molecule has 0 saturated heterocycles. The Morgan fingerprint density at radius 3 is 2.50 bits per heavy atom. The Hall–Kier alpha value is -0.330. The quantitative estimate of drug-likeness (QED) is 0.657. The van der Waals surface area contributed by atoms with Gasteiger partial charge in [-0.3, -0.25) is 4.79 Å². The van der Waals surface area contributed by atoms with Gasteiger partial charge in [-0.25, -0.2) is 8.42 Å². The summed E-state index contributed by atoms with van der Waals surface area (Å²) in [6, 6.07) is -0.721. The summed E-state index contributed by atoms with van der Waals surface area (Å²) in [5.41, 5.74) is 5.65. The minimum absolute atomic E-state index is 0. The molecule has 0 aromatic carbocycles. The van der Waals surface area contributed by atoms with E-state index in [1.807, 2.05) is 0 Å². The van der Waals surface area contributed by atoms with Gasteiger partial charge < -0.3 is 11.1 Å². The first-order valence-corrected chi connectivity index (χ1v) is 9.15. The van der Waals surface area contributed by atoms with Crippen LogP contribution in [-0.2, 0) is 14.6 Å². The van der Waals surface area contributed by atoms with Crippen molar-refractivity contribution in [2.75, 3.05) is 18.6 Å². The highest BCUT2D eigenvalue weighted by Gasteiger charge is 2.17. The van der Waals surface area contributed by atoms with Crippen LogP contribution in [0.3, 0.4) is 0 Å². The fraction of sp³-hybridized carbons (Fsp3) is 0.923. The molecule has 1 fully saturated rings. The molecule has 0 spiro atoms. The minimum Gasteiger partial charge on any atom is -0.355 e. The van der Waals surface area contributed by atoms with Crippen LogP contribution in [0.25, 0.3) is 0 Å². The van der Waals surface area contributed by atoms with Gasteiger partial charge in [-0.2, -0.15) is 0 Å². The second-order valence-corrected chi connectivity index (χ2v) is 7.87. The Morgan fingerprint density at radius 2 is 1.95 bits per heavy atom. The molecule has 7 heteroatoms. The molecule has 120 valence electrons. The average molecular weight is 327 g/mol. The molecule has 5 nitrogen and oxygen atoms in total. The highest BCUT2D eigenvalue weighted by molar-refractivity contribution is 7.90. The maximum Gasteiger partial charge on any atom is 0.236 e. The number of hydrogen-bond donors (Lipinski definition) is 2. The lowest BCUT2D eigenvalue weighted by Crippen LogP contribution is -2.42. The number of sulfone groups is 1. The van der Waals surface area contributed by atoms with Gasteiger partial charge in [0.1, 0.15) is 9.84 Å². The number of nitrogens with two attached hydrogens (primary N) is 1. The molecule has 1 atom stereocenters. The van der Waals surface area contributed by atoms with E-state index in [0.717, 1.165) is 18.6 Å². The Kier molecular flexibility index (Phi) is 9.42. The predicted octanol–water partition coefficient (Wildman–Crippen LogP) is 1.26. The van der Waals surface area contributed by atoms with Crippen LogP contribution in [0.4, 0.5) is 0 Å². The van der Waals surface area contributed by atoms with Crippen LogP contribution < -0.4 is 11.1 Å². The molecule has 1 unspecified atom stereocenters. The van der Waals surface area contributed by atoms with E-state index in [4.69, 9.17) is 5.73 Å². The van der Waals surface area contributed by atoms with Gasteiger partial charge in [0.2, 0.25) is 5.91 Å². The molecule has 20 heavy (non-hydrogen) atoms. The third-order valence-electron chi connectivity index (χ3n) is 3.70. The third kappa shape index (κ3) is 8.76. The molecule has 3 N–H and O–H groups in total. The highest BCUT2D eigenvalue weighted by Crippen LogP contribution is 2.28. The first-order valence-electron chi connectivity index (χ1n) is 7.09. The molecule has 0 heterocycles. The number of amides is 1. The SMILES string of the molecule is CS(=O)(=O)CCC(N)C(=O)NCCCC1CCCC1.Cl. The normalized spacial score (nSPS) is 17.5. The summed E-state index contributed by atoms with van der Waals surface area (Å²) in [7, 11) is -3.05. The maximum absolute atomic E-state index is 11.6. The second kappa shape index (κ2) is 9.58. The topological polar surface area (TPSA) is 89.3 Å². The van der Waals surface area contributed by atoms with E-state index in [2.05, 4.69) is 5.32 Å². The van der Waals surface area contributed by atoms with Crippen LogP contribution in [0.5, 0.6) is 0 Å². The molecule has 1 aliphatic rings. The van der Waals surface area contributed by atoms with Crippen molar-refractivity contribution in [3.05, 3.63) is 0 Å². The van der Waals surface area contributed by atoms with E-state index in [1.54, 1.807) is 0 Å². The van der Waals surface area contributed by atoms with Gasteiger partial charge in [0.05, 0.1) is 11.8 Å². The fourth-order valence-electron chi connectivity index (χ4n) is 2.50. The van der Waals surface area contributed by atoms with Gasteiger partial charge in [-0.15, -0.1) is 12.4 Å². The molecule has 1 aliphatic carbocycles. The molecular weight excluding hydrogens is 300 g/mol. The van der Waals surface area contributed by atoms with Crippen LogP contribution in [0.15, 0.2) is 0 Å². The van der Waals surface area contributed by atoms with Gasteiger partial charge >= 0.3 is 0 Å². The van der Waals surface area contributed by atoms with E-state index < -0.39 is 15.9 Å². The van der Waals surface area contributed by atoms with Gasteiger partial charge in [-0.05, 0) is 25.2 Å². The smallest absolute Gasteiger partial charge is 0.236 e. The fourth-order valence-corrected chi connectivity index (χ4v) is 3.19. The Bertz CT molecular complexity index is 381. The van der Waals surface area contributed by atoms with E-state index in [0.29, 0.717) is 6.54 Å². The first kappa shape index (κ1) is 19.7. The molecule has 0 aliphatic heterocycles. The lowest BCUT2D eigenvalue weighted by molar-refractivity contribution is -0.122. The predicted molar refractivity (Wildman–Crippen MR) is 83.8 cm³/mol. The Labute approximate surface area is 128 Å². The van der Waals surface area contributed by atoms with Crippen molar-refractivity contribution in [1.29, 1.82) is 0 Å². The van der Waals surface area contributed by atoms with E-state index in [1.165, 1.54) is 32.1 Å². The lowest BCUT2D eigenvalue weighted by Gasteiger charge is -2.13. The summed E-state index contributed by atoms with van der Waals surface area (Å²) in [5, 5.41) is 2.78. The van der Waals surface area contributed by atoms with Crippen LogP contribution in [0, 0.1) is 5.92 Å². The highest BCUT2D eigenvalue weighted by atomic mass is 35.5. The van der Waals surface area contributed by atoms with Crippen molar-refractivity contribution in [2.24, 2.45) is 11.7 Å². The molecule has 0 aromatic rings. The summed E-state index contributed by atoms with van der Waals surface area (Å²) in [6.45, 7) is 0.641. The van der Waals surface area contributed by atoms with Crippen molar-refractivity contribution in [3.8, 4) is 0 Å². The number of nitrogens with one attached hydrogen (secondary N) is 1. The standard InChI is InChI=1S/C13H26N2O3S.ClH/c1-19(17,18)10-8-12(14)13(16)15-9-4-7-11-5-2-3-6-11;/h11-12H,2-10,14H2,1H3,(H,15,16);1H. The Balaban J connectivity index is 0.00000361. The number of carbonyl (C=O) groups is 1. The summed E-state index contributed by atoms with van der Waals surface area (Å²) in [5.74, 6) is 0.551. The van der Waals surface area contributed by atoms with E-state index in [-0.39, 0.29) is 30.5 Å². The zero-order chi connectivity index (χ0) is 14.3. The van der Waals surface area contributed by atoms with Crippen molar-refractivity contribution in [1.82, 2.24) is 5.32 Å². The minimum atomic E-state index is -3.05. The third-order valence-corrected chi connectivity index (χ3v) is 4.68. The number of carbonyl (C=O) groups excluding carboxylic acids is 1. The van der Waals surface area contributed by atoms with Gasteiger partial charge in [0.25, 0.3) is 0 Å². The van der Waals surface area contributed by atoms with Gasteiger partial charge in [0.15, 0.2) is 0 Å². The Morgan fingerprint density at radius 1 is 1.35 bits per heavy atom. The molecule has 1 saturated carbocycles. The summed E-state index contributed by atoms with van der Waals surface area (Å²) in [4.78, 5) is 11.6. The maximum atomic E-state index is 11.6. The van der Waals surface area contributed by atoms with Crippen LogP contribution >= 0.6 is 12.4 Å². The monoisotopic (exact) mass is 326 g/mol. The van der Waals surface area contributed by atoms with Crippen LogP contribution in [0.2, 0.25) is 0 Å². The molecule has 1 amide bonds. The van der Waals surface area contributed by atoms with Crippen LogP contribution in [-0.4, -0.2) is 38.9 Å². The number of hydrogen-bond acceptors (Lipinski definition) is 4. The summed E-state index contributed by atoms with van der Waals surface area (Å²) >= 11 is 0. The van der Waals surface area contributed by atoms with Gasteiger partial charge in [0, 0.05) is 12.8 Å².